The number of ether oxygens (including phenoxy) is 1. The number of amides is 2. The highest BCUT2D eigenvalue weighted by atomic mass is 19.1. The zero-order chi connectivity index (χ0) is 22.2. The van der Waals surface area contributed by atoms with Gasteiger partial charge in [-0.1, -0.05) is 0 Å². The first kappa shape index (κ1) is 21.7. The molecule has 0 aliphatic rings. The van der Waals surface area contributed by atoms with Gasteiger partial charge in [0.1, 0.15) is 11.6 Å². The molecule has 31 heavy (non-hydrogen) atoms. The van der Waals surface area contributed by atoms with Gasteiger partial charge in [0, 0.05) is 35.3 Å². The summed E-state index contributed by atoms with van der Waals surface area (Å²) < 4.78 is 18.0. The van der Waals surface area contributed by atoms with Gasteiger partial charge in [0.25, 0.3) is 5.91 Å². The summed E-state index contributed by atoms with van der Waals surface area (Å²) in [6.07, 6.45) is 0.00966. The van der Waals surface area contributed by atoms with E-state index < -0.39 is 5.82 Å². The smallest absolute Gasteiger partial charge is 0.255 e. The summed E-state index contributed by atoms with van der Waals surface area (Å²) in [5.41, 5.74) is 1.94. The van der Waals surface area contributed by atoms with E-state index in [0.29, 0.717) is 28.3 Å². The molecular formula is C24H21FN2O4. The van der Waals surface area contributed by atoms with Crippen molar-refractivity contribution in [1.82, 2.24) is 0 Å². The van der Waals surface area contributed by atoms with Crippen LogP contribution < -0.4 is 15.4 Å². The minimum atomic E-state index is -0.421. The Morgan fingerprint density at radius 3 is 1.90 bits per heavy atom. The third-order valence-corrected chi connectivity index (χ3v) is 4.52. The van der Waals surface area contributed by atoms with Crippen LogP contribution in [0.15, 0.2) is 72.8 Å². The minimum absolute atomic E-state index is 0.00405. The number of carbonyl (C=O) groups is 3. The zero-order valence-corrected chi connectivity index (χ0v) is 16.9. The topological polar surface area (TPSA) is 84.5 Å². The minimum Gasteiger partial charge on any atom is -0.497 e. The maximum Gasteiger partial charge on any atom is 0.255 e. The van der Waals surface area contributed by atoms with E-state index in [2.05, 4.69) is 10.6 Å². The fourth-order valence-electron chi connectivity index (χ4n) is 2.81. The number of Topliss-reactive ketones (excluding diaryl/α,β-unsaturated/α-hetero) is 1. The number of carbonyl (C=O) groups excluding carboxylic acids is 3. The average Bonchev–Trinajstić information content (AvgIpc) is 2.79. The Balaban J connectivity index is 1.49. The van der Waals surface area contributed by atoms with Crippen LogP contribution in [-0.4, -0.2) is 24.7 Å². The van der Waals surface area contributed by atoms with E-state index in [-0.39, 0.29) is 30.4 Å². The van der Waals surface area contributed by atoms with E-state index >= 15 is 0 Å². The number of ketones is 1. The van der Waals surface area contributed by atoms with Crippen LogP contribution in [0.4, 0.5) is 15.8 Å². The molecule has 3 aromatic rings. The summed E-state index contributed by atoms with van der Waals surface area (Å²) in [5.74, 6) is -0.576. The number of hydrogen-bond donors (Lipinski definition) is 2. The van der Waals surface area contributed by atoms with Crippen LogP contribution >= 0.6 is 0 Å². The van der Waals surface area contributed by atoms with E-state index in [1.54, 1.807) is 55.6 Å². The third-order valence-electron chi connectivity index (χ3n) is 4.52. The van der Waals surface area contributed by atoms with Crippen molar-refractivity contribution in [3.05, 3.63) is 89.7 Å². The number of halogens is 1. The Labute approximate surface area is 179 Å². The van der Waals surface area contributed by atoms with Crippen molar-refractivity contribution in [2.45, 2.75) is 12.8 Å². The molecule has 158 valence electrons. The zero-order valence-electron chi connectivity index (χ0n) is 16.9. The number of anilines is 2. The van der Waals surface area contributed by atoms with Gasteiger partial charge in [-0.2, -0.15) is 0 Å². The van der Waals surface area contributed by atoms with Crippen molar-refractivity contribution in [2.24, 2.45) is 0 Å². The van der Waals surface area contributed by atoms with E-state index in [9.17, 15) is 18.8 Å². The molecule has 0 unspecified atom stereocenters. The number of hydrogen-bond acceptors (Lipinski definition) is 4. The molecule has 0 heterocycles. The molecule has 0 aliphatic carbocycles. The molecule has 0 saturated heterocycles. The lowest BCUT2D eigenvalue weighted by molar-refractivity contribution is -0.116. The highest BCUT2D eigenvalue weighted by Gasteiger charge is 2.11. The Hall–Kier alpha value is -4.00. The molecule has 0 aliphatic heterocycles. The molecule has 0 saturated carbocycles. The summed E-state index contributed by atoms with van der Waals surface area (Å²) in [5, 5.41) is 5.47. The van der Waals surface area contributed by atoms with Crippen molar-refractivity contribution in [3.8, 4) is 5.75 Å². The lowest BCUT2D eigenvalue weighted by Gasteiger charge is -2.08. The second-order valence-electron chi connectivity index (χ2n) is 6.74. The van der Waals surface area contributed by atoms with E-state index in [0.717, 1.165) is 0 Å². The SMILES string of the molecule is COc1ccc(NC(=O)c2ccc(NC(=O)CCC(=O)c3ccc(F)cc3)cc2)cc1. The molecular weight excluding hydrogens is 399 g/mol. The van der Waals surface area contributed by atoms with Crippen molar-refractivity contribution < 1.29 is 23.5 Å². The summed E-state index contributed by atoms with van der Waals surface area (Å²) in [7, 11) is 1.57. The van der Waals surface area contributed by atoms with Crippen LogP contribution in [0, 0.1) is 5.82 Å². The van der Waals surface area contributed by atoms with Crippen LogP contribution in [0.25, 0.3) is 0 Å². The van der Waals surface area contributed by atoms with Crippen molar-refractivity contribution >= 4 is 29.0 Å². The van der Waals surface area contributed by atoms with Crippen molar-refractivity contribution in [3.63, 3.8) is 0 Å². The Kier molecular flexibility index (Phi) is 7.11. The number of benzene rings is 3. The molecule has 7 heteroatoms. The molecule has 0 bridgehead atoms. The second-order valence-corrected chi connectivity index (χ2v) is 6.74. The quantitative estimate of drug-likeness (QED) is 0.518. The first-order chi connectivity index (χ1) is 14.9. The van der Waals surface area contributed by atoms with Gasteiger partial charge < -0.3 is 15.4 Å². The third kappa shape index (κ3) is 6.24. The predicted molar refractivity (Wildman–Crippen MR) is 116 cm³/mol. The van der Waals surface area contributed by atoms with Crippen LogP contribution in [0.2, 0.25) is 0 Å². The Morgan fingerprint density at radius 2 is 1.29 bits per heavy atom. The number of methoxy groups -OCH3 is 1. The monoisotopic (exact) mass is 420 g/mol. The largest absolute Gasteiger partial charge is 0.497 e. The molecule has 6 nitrogen and oxygen atoms in total. The lowest BCUT2D eigenvalue weighted by Crippen LogP contribution is -2.14. The van der Waals surface area contributed by atoms with Gasteiger partial charge in [0.2, 0.25) is 5.91 Å². The van der Waals surface area contributed by atoms with E-state index in [1.165, 1.54) is 24.3 Å². The van der Waals surface area contributed by atoms with E-state index in [4.69, 9.17) is 4.74 Å². The van der Waals surface area contributed by atoms with Crippen LogP contribution in [-0.2, 0) is 4.79 Å². The fourth-order valence-corrected chi connectivity index (χ4v) is 2.81. The molecule has 0 atom stereocenters. The summed E-state index contributed by atoms with van der Waals surface area (Å²) in [4.78, 5) is 36.5. The summed E-state index contributed by atoms with van der Waals surface area (Å²) in [6, 6.07) is 18.6. The molecule has 3 aromatic carbocycles. The second kappa shape index (κ2) is 10.2. The van der Waals surface area contributed by atoms with Crippen LogP contribution in [0.1, 0.15) is 33.6 Å². The average molecular weight is 420 g/mol. The Bertz CT molecular complexity index is 1060. The fraction of sp³-hybridized carbons (Fsp3) is 0.125. The molecule has 3 rings (SSSR count). The highest BCUT2D eigenvalue weighted by Crippen LogP contribution is 2.17. The van der Waals surface area contributed by atoms with Gasteiger partial charge in [-0.3, -0.25) is 14.4 Å². The predicted octanol–water partition coefficient (Wildman–Crippen LogP) is 4.69. The molecule has 2 amide bonds. The molecule has 0 spiro atoms. The molecule has 0 radical (unpaired) electrons. The Morgan fingerprint density at radius 1 is 0.742 bits per heavy atom. The van der Waals surface area contributed by atoms with Gasteiger partial charge in [-0.05, 0) is 72.8 Å². The highest BCUT2D eigenvalue weighted by molar-refractivity contribution is 6.05. The number of nitrogens with one attached hydrogen (secondary N) is 2. The van der Waals surface area contributed by atoms with Gasteiger partial charge in [0.05, 0.1) is 7.11 Å². The maximum atomic E-state index is 12.9. The standard InChI is InChI=1S/C24H21FN2O4/c1-31-21-12-10-20(11-13-21)27-24(30)17-4-8-19(9-5-17)26-23(29)15-14-22(28)16-2-6-18(25)7-3-16/h2-13H,14-15H2,1H3,(H,26,29)(H,27,30). The van der Waals surface area contributed by atoms with Gasteiger partial charge in [-0.25, -0.2) is 4.39 Å². The van der Waals surface area contributed by atoms with Gasteiger partial charge >= 0.3 is 0 Å². The van der Waals surface area contributed by atoms with Gasteiger partial charge in [0.15, 0.2) is 5.78 Å². The van der Waals surface area contributed by atoms with Crippen LogP contribution in [0.5, 0.6) is 5.75 Å². The van der Waals surface area contributed by atoms with Crippen molar-refractivity contribution in [1.29, 1.82) is 0 Å². The first-order valence-electron chi connectivity index (χ1n) is 9.58. The maximum absolute atomic E-state index is 12.9. The van der Waals surface area contributed by atoms with E-state index in [1.807, 2.05) is 0 Å². The van der Waals surface area contributed by atoms with Crippen LogP contribution in [0.3, 0.4) is 0 Å². The van der Waals surface area contributed by atoms with Crippen molar-refractivity contribution in [2.75, 3.05) is 17.7 Å². The molecule has 0 aromatic heterocycles. The lowest BCUT2D eigenvalue weighted by atomic mass is 10.1. The summed E-state index contributed by atoms with van der Waals surface area (Å²) in [6.45, 7) is 0. The molecule has 2 N–H and O–H groups in total. The van der Waals surface area contributed by atoms with Gasteiger partial charge in [-0.15, -0.1) is 0 Å². The molecule has 0 fully saturated rings. The summed E-state index contributed by atoms with van der Waals surface area (Å²) >= 11 is 0. The first-order valence-corrected chi connectivity index (χ1v) is 9.58. The normalized spacial score (nSPS) is 10.3. The number of rotatable bonds is 8.